The lowest BCUT2D eigenvalue weighted by molar-refractivity contribution is 0.645. The number of nitriles is 1. The fraction of sp³-hybridized carbons (Fsp3) is 0.500. The van der Waals surface area contributed by atoms with E-state index >= 15 is 0 Å². The van der Waals surface area contributed by atoms with E-state index in [1.807, 2.05) is 13.1 Å². The van der Waals surface area contributed by atoms with Gasteiger partial charge in [0.15, 0.2) is 6.19 Å². The van der Waals surface area contributed by atoms with Crippen LogP contribution < -0.4 is 16.0 Å². The Morgan fingerprint density at radius 3 is 2.84 bits per heavy atom. The molecule has 19 heavy (non-hydrogen) atoms. The minimum atomic E-state index is 0.516. The van der Waals surface area contributed by atoms with Gasteiger partial charge in [-0.3, -0.25) is 10.3 Å². The summed E-state index contributed by atoms with van der Waals surface area (Å²) >= 11 is 0. The van der Waals surface area contributed by atoms with Crippen LogP contribution in [0, 0.1) is 11.5 Å². The van der Waals surface area contributed by atoms with E-state index in [0.29, 0.717) is 25.6 Å². The summed E-state index contributed by atoms with van der Waals surface area (Å²) in [5, 5.41) is 17.3. The Labute approximate surface area is 113 Å². The van der Waals surface area contributed by atoms with Crippen molar-refractivity contribution in [2.75, 3.05) is 19.6 Å². The molecule has 0 spiro atoms. The summed E-state index contributed by atoms with van der Waals surface area (Å²) < 4.78 is 0. The molecule has 0 unspecified atom stereocenters. The number of rotatable bonds is 7. The third-order valence-corrected chi connectivity index (χ3v) is 2.16. The summed E-state index contributed by atoms with van der Waals surface area (Å²) in [6.07, 6.45) is 6.24. The summed E-state index contributed by atoms with van der Waals surface area (Å²) in [4.78, 5) is 12.4. The molecule has 0 saturated carbocycles. The molecule has 0 fully saturated rings. The number of aromatic nitrogens is 2. The zero-order valence-electron chi connectivity index (χ0n) is 11.1. The third kappa shape index (κ3) is 6.95. The fourth-order valence-electron chi connectivity index (χ4n) is 1.31. The molecule has 0 bridgehead atoms. The normalized spacial score (nSPS) is 10.8. The SMILES string of the molecule is CCCN=C(NC#N)NCCNCc1ncccn1. The van der Waals surface area contributed by atoms with Gasteiger partial charge < -0.3 is 10.6 Å². The van der Waals surface area contributed by atoms with Crippen LogP contribution >= 0.6 is 0 Å². The molecule has 0 atom stereocenters. The van der Waals surface area contributed by atoms with Gasteiger partial charge in [0.1, 0.15) is 5.82 Å². The number of nitrogens with one attached hydrogen (secondary N) is 3. The third-order valence-electron chi connectivity index (χ3n) is 2.16. The van der Waals surface area contributed by atoms with Crippen LogP contribution in [0.4, 0.5) is 0 Å². The van der Waals surface area contributed by atoms with E-state index < -0.39 is 0 Å². The standard InChI is InChI=1S/C12H19N7/c1-2-4-17-12(19-10-13)18-8-7-14-9-11-15-5-3-6-16-11/h3,5-6,14H,2,4,7-9H2,1H3,(H2,17,18,19). The molecule has 0 radical (unpaired) electrons. The van der Waals surface area contributed by atoms with E-state index in [2.05, 4.69) is 30.9 Å². The van der Waals surface area contributed by atoms with Crippen LogP contribution in [-0.2, 0) is 6.54 Å². The summed E-state index contributed by atoms with van der Waals surface area (Å²) in [5.74, 6) is 1.28. The van der Waals surface area contributed by atoms with Gasteiger partial charge in [-0.1, -0.05) is 6.92 Å². The molecular weight excluding hydrogens is 242 g/mol. The van der Waals surface area contributed by atoms with Crippen molar-refractivity contribution in [3.05, 3.63) is 24.3 Å². The van der Waals surface area contributed by atoms with Crippen molar-refractivity contribution in [2.24, 2.45) is 4.99 Å². The number of guanidine groups is 1. The molecule has 1 aromatic rings. The Bertz CT molecular complexity index is 410. The van der Waals surface area contributed by atoms with Crippen molar-refractivity contribution in [1.29, 1.82) is 5.26 Å². The minimum absolute atomic E-state index is 0.516. The molecule has 0 amide bonds. The molecule has 7 heteroatoms. The Kier molecular flexibility index (Phi) is 7.66. The van der Waals surface area contributed by atoms with E-state index in [0.717, 1.165) is 18.8 Å². The minimum Gasteiger partial charge on any atom is -0.354 e. The van der Waals surface area contributed by atoms with Gasteiger partial charge in [-0.2, -0.15) is 5.26 Å². The second-order valence-corrected chi connectivity index (χ2v) is 3.74. The molecule has 0 aliphatic heterocycles. The first-order valence-corrected chi connectivity index (χ1v) is 6.27. The highest BCUT2D eigenvalue weighted by atomic mass is 15.2. The Morgan fingerprint density at radius 2 is 2.16 bits per heavy atom. The Hall–Kier alpha value is -2.20. The smallest absolute Gasteiger partial charge is 0.204 e. The lowest BCUT2D eigenvalue weighted by Gasteiger charge is -2.08. The highest BCUT2D eigenvalue weighted by molar-refractivity contribution is 5.81. The van der Waals surface area contributed by atoms with E-state index in [1.165, 1.54) is 0 Å². The molecule has 0 aliphatic rings. The predicted molar refractivity (Wildman–Crippen MR) is 73.1 cm³/mol. The monoisotopic (exact) mass is 261 g/mol. The van der Waals surface area contributed by atoms with Crippen LogP contribution in [0.25, 0.3) is 0 Å². The highest BCUT2D eigenvalue weighted by Gasteiger charge is 1.97. The second kappa shape index (κ2) is 9.79. The summed E-state index contributed by atoms with van der Waals surface area (Å²) in [5.41, 5.74) is 0. The molecule has 0 aliphatic carbocycles. The van der Waals surface area contributed by atoms with E-state index in [9.17, 15) is 0 Å². The van der Waals surface area contributed by atoms with Crippen LogP contribution in [0.5, 0.6) is 0 Å². The van der Waals surface area contributed by atoms with E-state index in [4.69, 9.17) is 5.26 Å². The molecule has 0 saturated heterocycles. The maximum atomic E-state index is 8.57. The molecule has 1 aromatic heterocycles. The van der Waals surface area contributed by atoms with Gasteiger partial charge in [-0.15, -0.1) is 0 Å². The van der Waals surface area contributed by atoms with Gasteiger partial charge >= 0.3 is 0 Å². The van der Waals surface area contributed by atoms with Crippen molar-refractivity contribution in [3.8, 4) is 6.19 Å². The first-order chi connectivity index (χ1) is 9.36. The van der Waals surface area contributed by atoms with Crippen molar-refractivity contribution < 1.29 is 0 Å². The van der Waals surface area contributed by atoms with E-state index in [-0.39, 0.29) is 0 Å². The van der Waals surface area contributed by atoms with Gasteiger partial charge in [-0.25, -0.2) is 9.97 Å². The Balaban J connectivity index is 2.17. The fourth-order valence-corrected chi connectivity index (χ4v) is 1.31. The van der Waals surface area contributed by atoms with Gasteiger partial charge in [0.2, 0.25) is 5.96 Å². The quantitative estimate of drug-likeness (QED) is 0.210. The van der Waals surface area contributed by atoms with Crippen molar-refractivity contribution in [3.63, 3.8) is 0 Å². The summed E-state index contributed by atoms with van der Waals surface area (Å²) in [7, 11) is 0. The number of aliphatic imine (C=N–C) groups is 1. The number of nitrogens with zero attached hydrogens (tertiary/aromatic N) is 4. The van der Waals surface area contributed by atoms with Crippen LogP contribution in [0.1, 0.15) is 19.2 Å². The van der Waals surface area contributed by atoms with Crippen LogP contribution in [0.2, 0.25) is 0 Å². The van der Waals surface area contributed by atoms with Gasteiger partial charge in [0, 0.05) is 32.0 Å². The Morgan fingerprint density at radius 1 is 1.37 bits per heavy atom. The maximum Gasteiger partial charge on any atom is 0.204 e. The zero-order valence-corrected chi connectivity index (χ0v) is 11.1. The molecule has 0 aromatic carbocycles. The average Bonchev–Trinajstić information content (AvgIpc) is 2.45. The van der Waals surface area contributed by atoms with Crippen LogP contribution in [0.3, 0.4) is 0 Å². The second-order valence-electron chi connectivity index (χ2n) is 3.74. The summed E-state index contributed by atoms with van der Waals surface area (Å²) in [6.45, 7) is 4.76. The largest absolute Gasteiger partial charge is 0.354 e. The predicted octanol–water partition coefficient (Wildman–Crippen LogP) is -0.00752. The highest BCUT2D eigenvalue weighted by Crippen LogP contribution is 1.85. The number of hydrogen-bond donors (Lipinski definition) is 3. The first kappa shape index (κ1) is 14.9. The van der Waals surface area contributed by atoms with Crippen LogP contribution in [-0.4, -0.2) is 35.6 Å². The molecule has 1 heterocycles. The zero-order chi connectivity index (χ0) is 13.8. The molecule has 102 valence electrons. The van der Waals surface area contributed by atoms with Crippen molar-refractivity contribution >= 4 is 5.96 Å². The van der Waals surface area contributed by atoms with Gasteiger partial charge in [0.05, 0.1) is 6.54 Å². The van der Waals surface area contributed by atoms with Crippen LogP contribution in [0.15, 0.2) is 23.5 Å². The molecular formula is C12H19N7. The topological polar surface area (TPSA) is 98.0 Å². The van der Waals surface area contributed by atoms with Crippen molar-refractivity contribution in [2.45, 2.75) is 19.9 Å². The lowest BCUT2D eigenvalue weighted by atomic mass is 10.5. The maximum absolute atomic E-state index is 8.57. The lowest BCUT2D eigenvalue weighted by Crippen LogP contribution is -2.38. The first-order valence-electron chi connectivity index (χ1n) is 6.27. The molecule has 7 nitrogen and oxygen atoms in total. The molecule has 3 N–H and O–H groups in total. The average molecular weight is 261 g/mol. The van der Waals surface area contributed by atoms with Gasteiger partial charge in [0.25, 0.3) is 0 Å². The molecule has 1 rings (SSSR count). The number of hydrogen-bond acceptors (Lipinski definition) is 5. The van der Waals surface area contributed by atoms with Gasteiger partial charge in [-0.05, 0) is 12.5 Å². The van der Waals surface area contributed by atoms with E-state index in [1.54, 1.807) is 18.5 Å². The summed E-state index contributed by atoms with van der Waals surface area (Å²) in [6, 6.07) is 1.79. The van der Waals surface area contributed by atoms with Crippen molar-refractivity contribution in [1.82, 2.24) is 25.9 Å².